The van der Waals surface area contributed by atoms with Crippen LogP contribution in [0.15, 0.2) is 36.4 Å². The molecule has 104 valence electrons. The van der Waals surface area contributed by atoms with Crippen LogP contribution in [0.4, 0.5) is 14.5 Å². The molecule has 0 aliphatic heterocycles. The minimum Gasteiger partial charge on any atom is -0.447 e. The Kier molecular flexibility index (Phi) is 4.14. The maximum absolute atomic E-state index is 13.5. The maximum atomic E-state index is 13.5. The molecule has 0 saturated carbocycles. The zero-order valence-electron chi connectivity index (χ0n) is 9.98. The van der Waals surface area contributed by atoms with E-state index in [1.54, 1.807) is 0 Å². The second kappa shape index (κ2) is 5.83. The van der Waals surface area contributed by atoms with Gasteiger partial charge in [-0.25, -0.2) is 4.39 Å². The van der Waals surface area contributed by atoms with E-state index in [0.717, 1.165) is 6.07 Å². The molecule has 2 rings (SSSR count). The van der Waals surface area contributed by atoms with Crippen LogP contribution in [-0.4, -0.2) is 4.92 Å². The van der Waals surface area contributed by atoms with Gasteiger partial charge in [0.05, 0.1) is 4.92 Å². The Labute approximate surface area is 117 Å². The molecule has 0 atom stereocenters. The van der Waals surface area contributed by atoms with Crippen molar-refractivity contribution < 1.29 is 18.4 Å². The van der Waals surface area contributed by atoms with Gasteiger partial charge in [0.1, 0.15) is 0 Å². The van der Waals surface area contributed by atoms with Crippen LogP contribution in [0.25, 0.3) is 0 Å². The largest absolute Gasteiger partial charge is 0.447 e. The van der Waals surface area contributed by atoms with Crippen molar-refractivity contribution in [3.63, 3.8) is 0 Å². The monoisotopic (exact) mass is 299 g/mol. The van der Waals surface area contributed by atoms with E-state index in [4.69, 9.17) is 16.3 Å². The van der Waals surface area contributed by atoms with Crippen LogP contribution in [-0.2, 0) is 5.88 Å². The Morgan fingerprint density at radius 1 is 1.20 bits per heavy atom. The molecule has 2 aromatic carbocycles. The smallest absolute Gasteiger partial charge is 0.311 e. The molecule has 0 spiro atoms. The summed E-state index contributed by atoms with van der Waals surface area (Å²) in [6, 6.07) is 7.36. The van der Waals surface area contributed by atoms with Crippen LogP contribution in [0.5, 0.6) is 11.5 Å². The number of halogens is 3. The SMILES string of the molecule is O=[N+]([O-])c1cc(CCl)ccc1Oc1cccc(F)c1F. The highest BCUT2D eigenvalue weighted by Crippen LogP contribution is 2.34. The Hall–Kier alpha value is -2.21. The molecule has 0 aromatic heterocycles. The molecule has 0 unspecified atom stereocenters. The lowest BCUT2D eigenvalue weighted by molar-refractivity contribution is -0.385. The summed E-state index contributed by atoms with van der Waals surface area (Å²) in [5.74, 6) is -2.82. The lowest BCUT2D eigenvalue weighted by Gasteiger charge is -2.08. The second-order valence-corrected chi connectivity index (χ2v) is 4.11. The first-order chi connectivity index (χ1) is 9.52. The van der Waals surface area contributed by atoms with E-state index in [1.165, 1.54) is 30.3 Å². The van der Waals surface area contributed by atoms with Crippen molar-refractivity contribution in [1.82, 2.24) is 0 Å². The van der Waals surface area contributed by atoms with Gasteiger partial charge in [-0.2, -0.15) is 4.39 Å². The van der Waals surface area contributed by atoms with Gasteiger partial charge < -0.3 is 4.74 Å². The van der Waals surface area contributed by atoms with Gasteiger partial charge in [-0.3, -0.25) is 10.1 Å². The first-order valence-corrected chi connectivity index (χ1v) is 6.01. The fourth-order valence-corrected chi connectivity index (χ4v) is 1.72. The van der Waals surface area contributed by atoms with E-state index in [-0.39, 0.29) is 17.3 Å². The summed E-state index contributed by atoms with van der Waals surface area (Å²) in [7, 11) is 0. The summed E-state index contributed by atoms with van der Waals surface area (Å²) in [6.45, 7) is 0. The van der Waals surface area contributed by atoms with Crippen LogP contribution >= 0.6 is 11.6 Å². The average Bonchev–Trinajstić information content (AvgIpc) is 2.44. The van der Waals surface area contributed by atoms with Crippen molar-refractivity contribution in [2.24, 2.45) is 0 Å². The molecule has 0 aliphatic rings. The Morgan fingerprint density at radius 2 is 1.95 bits per heavy atom. The van der Waals surface area contributed by atoms with Crippen molar-refractivity contribution in [2.75, 3.05) is 0 Å². The highest BCUT2D eigenvalue weighted by molar-refractivity contribution is 6.17. The molecular weight excluding hydrogens is 292 g/mol. The van der Waals surface area contributed by atoms with E-state index in [9.17, 15) is 18.9 Å². The first kappa shape index (κ1) is 14.2. The number of nitrogens with zero attached hydrogens (tertiary/aromatic N) is 1. The average molecular weight is 300 g/mol. The van der Waals surface area contributed by atoms with Crippen LogP contribution in [0.1, 0.15) is 5.56 Å². The fraction of sp³-hybridized carbons (Fsp3) is 0.0769. The molecule has 0 fully saturated rings. The van der Waals surface area contributed by atoms with Crippen molar-refractivity contribution in [1.29, 1.82) is 0 Å². The molecule has 0 N–H and O–H groups in total. The predicted molar refractivity (Wildman–Crippen MR) is 69.1 cm³/mol. The number of ether oxygens (including phenoxy) is 1. The van der Waals surface area contributed by atoms with Gasteiger partial charge in [-0.1, -0.05) is 12.1 Å². The maximum Gasteiger partial charge on any atom is 0.311 e. The lowest BCUT2D eigenvalue weighted by Crippen LogP contribution is -1.97. The molecule has 2 aromatic rings. The van der Waals surface area contributed by atoms with Gasteiger partial charge in [0.15, 0.2) is 11.6 Å². The molecule has 0 heterocycles. The Bertz CT molecular complexity index is 664. The van der Waals surface area contributed by atoms with Crippen molar-refractivity contribution >= 4 is 17.3 Å². The zero-order chi connectivity index (χ0) is 14.7. The number of alkyl halides is 1. The van der Waals surface area contributed by atoms with Gasteiger partial charge in [0, 0.05) is 11.9 Å². The summed E-state index contributed by atoms with van der Waals surface area (Å²) in [6.07, 6.45) is 0. The van der Waals surface area contributed by atoms with Gasteiger partial charge in [-0.15, -0.1) is 11.6 Å². The van der Waals surface area contributed by atoms with E-state index >= 15 is 0 Å². The predicted octanol–water partition coefficient (Wildman–Crippen LogP) is 4.40. The molecule has 7 heteroatoms. The van der Waals surface area contributed by atoms with Gasteiger partial charge in [0.2, 0.25) is 11.6 Å². The molecular formula is C13H8ClF2NO3. The molecule has 4 nitrogen and oxygen atoms in total. The summed E-state index contributed by atoms with van der Waals surface area (Å²) in [4.78, 5) is 10.3. The summed E-state index contributed by atoms with van der Waals surface area (Å²) < 4.78 is 31.6. The number of nitro groups is 1. The van der Waals surface area contributed by atoms with Crippen molar-refractivity contribution in [2.45, 2.75) is 5.88 Å². The van der Waals surface area contributed by atoms with Crippen molar-refractivity contribution in [3.05, 3.63) is 63.7 Å². The van der Waals surface area contributed by atoms with Crippen LogP contribution in [0, 0.1) is 21.7 Å². The Morgan fingerprint density at radius 3 is 2.60 bits per heavy atom. The van der Waals surface area contributed by atoms with Crippen LogP contribution < -0.4 is 4.74 Å². The molecule has 0 saturated heterocycles. The number of nitro benzene ring substituents is 1. The summed E-state index contributed by atoms with van der Waals surface area (Å²) >= 11 is 5.59. The van der Waals surface area contributed by atoms with E-state index in [2.05, 4.69) is 0 Å². The highest BCUT2D eigenvalue weighted by Gasteiger charge is 2.19. The lowest BCUT2D eigenvalue weighted by atomic mass is 10.2. The van der Waals surface area contributed by atoms with Crippen LogP contribution in [0.3, 0.4) is 0 Å². The third-order valence-electron chi connectivity index (χ3n) is 2.51. The first-order valence-electron chi connectivity index (χ1n) is 5.48. The van der Waals surface area contributed by atoms with Gasteiger partial charge in [-0.05, 0) is 23.8 Å². The molecule has 0 bridgehead atoms. The zero-order valence-corrected chi connectivity index (χ0v) is 10.7. The number of hydrogen-bond acceptors (Lipinski definition) is 3. The van der Waals surface area contributed by atoms with Gasteiger partial charge >= 0.3 is 5.69 Å². The van der Waals surface area contributed by atoms with Gasteiger partial charge in [0.25, 0.3) is 0 Å². The number of rotatable bonds is 4. The second-order valence-electron chi connectivity index (χ2n) is 3.85. The standard InChI is InChI=1S/C13H8ClF2NO3/c14-7-8-4-5-11(10(6-8)17(18)19)20-12-3-1-2-9(15)13(12)16/h1-6H,7H2. The molecule has 0 amide bonds. The minimum atomic E-state index is -1.21. The van der Waals surface area contributed by atoms with Crippen molar-refractivity contribution in [3.8, 4) is 11.5 Å². The minimum absolute atomic E-state index is 0.0927. The Balaban J connectivity index is 2.43. The molecule has 20 heavy (non-hydrogen) atoms. The van der Waals surface area contributed by atoms with Crippen LogP contribution in [0.2, 0.25) is 0 Å². The van der Waals surface area contributed by atoms with E-state index < -0.39 is 22.3 Å². The summed E-state index contributed by atoms with van der Waals surface area (Å²) in [5.41, 5.74) is 0.150. The molecule has 0 aliphatic carbocycles. The highest BCUT2D eigenvalue weighted by atomic mass is 35.5. The van der Waals surface area contributed by atoms with E-state index in [0.29, 0.717) is 5.56 Å². The molecule has 0 radical (unpaired) electrons. The third-order valence-corrected chi connectivity index (χ3v) is 2.82. The third kappa shape index (κ3) is 2.85. The summed E-state index contributed by atoms with van der Waals surface area (Å²) in [5, 5.41) is 10.9. The topological polar surface area (TPSA) is 52.4 Å². The number of benzene rings is 2. The quantitative estimate of drug-likeness (QED) is 0.477. The normalized spacial score (nSPS) is 10.3. The van der Waals surface area contributed by atoms with E-state index in [1.807, 2.05) is 0 Å². The fourth-order valence-electron chi connectivity index (χ4n) is 1.56. The number of hydrogen-bond donors (Lipinski definition) is 0.